The number of phenolic OH excluding ortho intramolecular Hbond substituents is 1. The second-order valence-electron chi connectivity index (χ2n) is 4.15. The third kappa shape index (κ3) is 2.59. The Bertz CT molecular complexity index is 663. The van der Waals surface area contributed by atoms with Gasteiger partial charge < -0.3 is 10.4 Å². The first kappa shape index (κ1) is 13.9. The van der Waals surface area contributed by atoms with Crippen LogP contribution in [0.25, 0.3) is 0 Å². The van der Waals surface area contributed by atoms with Gasteiger partial charge in [0.05, 0.1) is 0 Å². The van der Waals surface area contributed by atoms with Crippen LogP contribution in [-0.2, 0) is 0 Å². The number of benzene rings is 2. The van der Waals surface area contributed by atoms with Crippen molar-refractivity contribution >= 4 is 11.6 Å². The molecule has 0 saturated carbocycles. The zero-order valence-corrected chi connectivity index (χ0v) is 10.4. The predicted octanol–water partition coefficient (Wildman–Crippen LogP) is 3.37. The average Bonchev–Trinajstić information content (AvgIpc) is 2.36. The summed E-state index contributed by atoms with van der Waals surface area (Å²) in [5.41, 5.74) is -0.403. The highest BCUT2D eigenvalue weighted by atomic mass is 19.1. The van der Waals surface area contributed by atoms with Gasteiger partial charge >= 0.3 is 0 Å². The highest BCUT2D eigenvalue weighted by Crippen LogP contribution is 2.23. The minimum Gasteiger partial charge on any atom is -0.508 e. The minimum atomic E-state index is -1.21. The van der Waals surface area contributed by atoms with E-state index >= 15 is 0 Å². The summed E-state index contributed by atoms with van der Waals surface area (Å²) in [5.74, 6) is -4.42. The fourth-order valence-corrected chi connectivity index (χ4v) is 1.71. The molecule has 0 aliphatic heterocycles. The van der Waals surface area contributed by atoms with Gasteiger partial charge in [-0.2, -0.15) is 0 Å². The molecule has 0 heterocycles. The van der Waals surface area contributed by atoms with Crippen molar-refractivity contribution in [3.05, 3.63) is 58.9 Å². The Morgan fingerprint density at radius 3 is 2.35 bits per heavy atom. The molecule has 0 saturated heterocycles. The molecule has 0 unspecified atom stereocenters. The van der Waals surface area contributed by atoms with E-state index in [1.165, 1.54) is 25.1 Å². The van der Waals surface area contributed by atoms with Gasteiger partial charge in [-0.25, -0.2) is 13.2 Å². The lowest BCUT2D eigenvalue weighted by Gasteiger charge is -2.10. The maximum atomic E-state index is 13.4. The summed E-state index contributed by atoms with van der Waals surface area (Å²) in [5, 5.41) is 11.5. The van der Waals surface area contributed by atoms with Crippen LogP contribution < -0.4 is 5.32 Å². The molecule has 6 heteroatoms. The molecule has 2 rings (SSSR count). The first-order valence-electron chi connectivity index (χ1n) is 5.64. The van der Waals surface area contributed by atoms with Crippen LogP contribution in [0, 0.1) is 24.4 Å². The van der Waals surface area contributed by atoms with E-state index in [-0.39, 0.29) is 16.9 Å². The zero-order valence-electron chi connectivity index (χ0n) is 10.4. The summed E-state index contributed by atoms with van der Waals surface area (Å²) >= 11 is 0. The normalized spacial score (nSPS) is 10.4. The van der Waals surface area contributed by atoms with Gasteiger partial charge in [0.15, 0.2) is 11.6 Å². The van der Waals surface area contributed by atoms with Crippen LogP contribution in [-0.4, -0.2) is 11.0 Å². The van der Waals surface area contributed by atoms with Crippen LogP contribution in [0.15, 0.2) is 30.3 Å². The maximum Gasteiger partial charge on any atom is 0.256 e. The Balaban J connectivity index is 2.36. The van der Waals surface area contributed by atoms with Crippen molar-refractivity contribution in [1.29, 1.82) is 0 Å². The van der Waals surface area contributed by atoms with Crippen LogP contribution in [0.5, 0.6) is 5.75 Å². The molecule has 0 aromatic heterocycles. The number of aromatic hydroxyl groups is 1. The molecule has 3 nitrogen and oxygen atoms in total. The summed E-state index contributed by atoms with van der Waals surface area (Å²) in [7, 11) is 0. The van der Waals surface area contributed by atoms with Crippen molar-refractivity contribution < 1.29 is 23.1 Å². The van der Waals surface area contributed by atoms with Gasteiger partial charge in [0.25, 0.3) is 5.91 Å². The van der Waals surface area contributed by atoms with Crippen molar-refractivity contribution in [3.8, 4) is 5.75 Å². The lowest BCUT2D eigenvalue weighted by Crippen LogP contribution is -2.15. The SMILES string of the molecule is Cc1c(O)cccc1C(=O)Nc1c(F)cc(F)cc1F. The first-order chi connectivity index (χ1) is 9.40. The molecular formula is C14H10F3NO2. The Morgan fingerprint density at radius 1 is 1.15 bits per heavy atom. The van der Waals surface area contributed by atoms with E-state index in [2.05, 4.69) is 0 Å². The van der Waals surface area contributed by atoms with Gasteiger partial charge in [0, 0.05) is 23.3 Å². The van der Waals surface area contributed by atoms with Crippen LogP contribution >= 0.6 is 0 Å². The number of nitrogens with one attached hydrogen (secondary N) is 1. The number of halogens is 3. The molecule has 0 radical (unpaired) electrons. The second-order valence-corrected chi connectivity index (χ2v) is 4.15. The molecule has 0 aliphatic rings. The van der Waals surface area contributed by atoms with Crippen LogP contribution in [0.4, 0.5) is 18.9 Å². The van der Waals surface area contributed by atoms with E-state index in [4.69, 9.17) is 0 Å². The maximum absolute atomic E-state index is 13.4. The number of phenols is 1. The number of carbonyl (C=O) groups excluding carboxylic acids is 1. The summed E-state index contributed by atoms with van der Waals surface area (Å²) in [4.78, 5) is 11.9. The van der Waals surface area contributed by atoms with Gasteiger partial charge in [0.2, 0.25) is 0 Å². The largest absolute Gasteiger partial charge is 0.508 e. The van der Waals surface area contributed by atoms with E-state index in [0.717, 1.165) is 0 Å². The monoisotopic (exact) mass is 281 g/mol. The van der Waals surface area contributed by atoms with E-state index in [0.29, 0.717) is 12.1 Å². The highest BCUT2D eigenvalue weighted by Gasteiger charge is 2.17. The molecule has 0 bridgehead atoms. The summed E-state index contributed by atoms with van der Waals surface area (Å²) in [6.07, 6.45) is 0. The highest BCUT2D eigenvalue weighted by molar-refractivity contribution is 6.05. The van der Waals surface area contributed by atoms with Crippen molar-refractivity contribution in [2.24, 2.45) is 0 Å². The van der Waals surface area contributed by atoms with E-state index in [1.54, 1.807) is 0 Å². The molecule has 0 aliphatic carbocycles. The number of hydrogen-bond acceptors (Lipinski definition) is 2. The lowest BCUT2D eigenvalue weighted by molar-refractivity contribution is 0.102. The van der Waals surface area contributed by atoms with E-state index in [9.17, 15) is 23.1 Å². The third-order valence-electron chi connectivity index (χ3n) is 2.80. The number of rotatable bonds is 2. The van der Waals surface area contributed by atoms with Crippen molar-refractivity contribution in [2.45, 2.75) is 6.92 Å². The van der Waals surface area contributed by atoms with Gasteiger partial charge in [-0.3, -0.25) is 4.79 Å². The van der Waals surface area contributed by atoms with E-state index in [1.807, 2.05) is 5.32 Å². The van der Waals surface area contributed by atoms with Crippen molar-refractivity contribution in [3.63, 3.8) is 0 Å². The number of amides is 1. The minimum absolute atomic E-state index is 0.0631. The molecule has 0 fully saturated rings. The molecule has 2 N–H and O–H groups in total. The Hall–Kier alpha value is -2.50. The van der Waals surface area contributed by atoms with Crippen molar-refractivity contribution in [2.75, 3.05) is 5.32 Å². The molecule has 2 aromatic carbocycles. The summed E-state index contributed by atoms with van der Waals surface area (Å²) in [6, 6.07) is 5.13. The Morgan fingerprint density at radius 2 is 1.75 bits per heavy atom. The standard InChI is InChI=1S/C14H10F3NO2/c1-7-9(3-2-4-12(7)19)14(20)18-13-10(16)5-8(15)6-11(13)17/h2-6,19H,1H3,(H,18,20). The van der Waals surface area contributed by atoms with Crippen LogP contribution in [0.2, 0.25) is 0 Å². The molecular weight excluding hydrogens is 271 g/mol. The van der Waals surface area contributed by atoms with Crippen LogP contribution in [0.3, 0.4) is 0 Å². The molecule has 20 heavy (non-hydrogen) atoms. The van der Waals surface area contributed by atoms with Crippen LogP contribution in [0.1, 0.15) is 15.9 Å². The fourth-order valence-electron chi connectivity index (χ4n) is 1.71. The summed E-state index contributed by atoms with van der Waals surface area (Å²) < 4.78 is 39.6. The van der Waals surface area contributed by atoms with Gasteiger partial charge in [-0.1, -0.05) is 6.07 Å². The van der Waals surface area contributed by atoms with Gasteiger partial charge in [-0.15, -0.1) is 0 Å². The number of hydrogen-bond donors (Lipinski definition) is 2. The number of carbonyl (C=O) groups is 1. The fraction of sp³-hybridized carbons (Fsp3) is 0.0714. The molecule has 1 amide bonds. The quantitative estimate of drug-likeness (QED) is 0.886. The lowest BCUT2D eigenvalue weighted by atomic mass is 10.1. The summed E-state index contributed by atoms with van der Waals surface area (Å²) in [6.45, 7) is 1.49. The van der Waals surface area contributed by atoms with E-state index < -0.39 is 29.0 Å². The second kappa shape index (κ2) is 5.24. The smallest absolute Gasteiger partial charge is 0.256 e. The van der Waals surface area contributed by atoms with Gasteiger partial charge in [0.1, 0.15) is 17.3 Å². The number of anilines is 1. The molecule has 0 spiro atoms. The first-order valence-corrected chi connectivity index (χ1v) is 5.64. The average molecular weight is 281 g/mol. The molecule has 0 atom stereocenters. The topological polar surface area (TPSA) is 49.3 Å². The predicted molar refractivity (Wildman–Crippen MR) is 67.1 cm³/mol. The Kier molecular flexibility index (Phi) is 3.65. The molecule has 104 valence electrons. The third-order valence-corrected chi connectivity index (χ3v) is 2.80. The molecule has 2 aromatic rings. The Labute approximate surface area is 112 Å². The van der Waals surface area contributed by atoms with Gasteiger partial charge in [-0.05, 0) is 19.1 Å². The zero-order chi connectivity index (χ0) is 14.9. The van der Waals surface area contributed by atoms with Crippen molar-refractivity contribution in [1.82, 2.24) is 0 Å².